The Labute approximate surface area is 56.5 Å². The molecular weight excluding hydrogens is 136 g/mol. The van der Waals surface area contributed by atoms with E-state index in [2.05, 4.69) is 4.98 Å². The minimum absolute atomic E-state index is 0.0240. The molecule has 0 aliphatic heterocycles. The third kappa shape index (κ3) is 1.14. The molecule has 1 aromatic heterocycles. The first-order valence-electron chi connectivity index (χ1n) is 2.66. The first-order valence-corrected chi connectivity index (χ1v) is 2.66. The zero-order valence-electron chi connectivity index (χ0n) is 5.07. The van der Waals surface area contributed by atoms with E-state index in [0.717, 1.165) is 0 Å². The molecule has 0 amide bonds. The van der Waals surface area contributed by atoms with E-state index in [-0.39, 0.29) is 12.3 Å². The minimum Gasteiger partial charge on any atom is -0.390 e. The molecular formula is C5H6N2O3. The molecule has 2 N–H and O–H groups in total. The molecule has 5 heteroatoms. The highest BCUT2D eigenvalue weighted by Gasteiger charge is 2.06. The van der Waals surface area contributed by atoms with Crippen molar-refractivity contribution in [1.29, 1.82) is 0 Å². The molecule has 0 saturated heterocycles. The average Bonchev–Trinajstić information content (AvgIpc) is 2.34. The number of aromatic amines is 1. The Morgan fingerprint density at radius 3 is 2.80 bits per heavy atom. The van der Waals surface area contributed by atoms with Crippen LogP contribution in [0.25, 0.3) is 0 Å². The predicted molar refractivity (Wildman–Crippen MR) is 33.4 cm³/mol. The van der Waals surface area contributed by atoms with E-state index in [1.54, 1.807) is 0 Å². The first-order chi connectivity index (χ1) is 4.74. The van der Waals surface area contributed by atoms with Gasteiger partial charge in [0.1, 0.15) is 0 Å². The maximum Gasteiger partial charge on any atom is 0.287 e. The van der Waals surface area contributed by atoms with Crippen molar-refractivity contribution in [3.05, 3.63) is 28.1 Å². The van der Waals surface area contributed by atoms with Crippen molar-refractivity contribution >= 4 is 5.69 Å². The molecule has 0 spiro atoms. The van der Waals surface area contributed by atoms with Crippen LogP contribution in [0.2, 0.25) is 0 Å². The maximum atomic E-state index is 10.0. The van der Waals surface area contributed by atoms with Gasteiger partial charge in [0.15, 0.2) is 0 Å². The van der Waals surface area contributed by atoms with Gasteiger partial charge in [-0.15, -0.1) is 0 Å². The molecule has 0 bridgehead atoms. The summed E-state index contributed by atoms with van der Waals surface area (Å²) in [6, 6.07) is 1.29. The SMILES string of the molecule is O=[N+]([O-])c1c[nH]c(CO)c1. The zero-order chi connectivity index (χ0) is 7.56. The van der Waals surface area contributed by atoms with Crippen molar-refractivity contribution in [2.45, 2.75) is 6.61 Å². The fourth-order valence-corrected chi connectivity index (χ4v) is 0.625. The van der Waals surface area contributed by atoms with Crippen LogP contribution in [0, 0.1) is 10.1 Å². The minimum atomic E-state index is -0.518. The molecule has 10 heavy (non-hydrogen) atoms. The summed E-state index contributed by atoms with van der Waals surface area (Å²) in [5, 5.41) is 18.5. The van der Waals surface area contributed by atoms with E-state index >= 15 is 0 Å². The third-order valence-electron chi connectivity index (χ3n) is 1.11. The van der Waals surface area contributed by atoms with Crippen molar-refractivity contribution in [1.82, 2.24) is 4.98 Å². The number of nitrogens with zero attached hydrogens (tertiary/aromatic N) is 1. The van der Waals surface area contributed by atoms with Gasteiger partial charge in [-0.1, -0.05) is 0 Å². The lowest BCUT2D eigenvalue weighted by Gasteiger charge is -1.81. The van der Waals surface area contributed by atoms with Crippen LogP contribution in [0.3, 0.4) is 0 Å². The number of hydrogen-bond donors (Lipinski definition) is 2. The van der Waals surface area contributed by atoms with Crippen molar-refractivity contribution in [2.75, 3.05) is 0 Å². The highest BCUT2D eigenvalue weighted by Crippen LogP contribution is 2.11. The molecule has 5 nitrogen and oxygen atoms in total. The number of hydrogen-bond acceptors (Lipinski definition) is 3. The van der Waals surface area contributed by atoms with Crippen LogP contribution < -0.4 is 0 Å². The van der Waals surface area contributed by atoms with Crippen molar-refractivity contribution in [3.63, 3.8) is 0 Å². The van der Waals surface area contributed by atoms with E-state index in [1.807, 2.05) is 0 Å². The van der Waals surface area contributed by atoms with Gasteiger partial charge in [0.25, 0.3) is 5.69 Å². The van der Waals surface area contributed by atoms with Gasteiger partial charge in [0, 0.05) is 11.8 Å². The van der Waals surface area contributed by atoms with Gasteiger partial charge in [0.2, 0.25) is 0 Å². The molecule has 1 heterocycles. The number of aliphatic hydroxyl groups excluding tert-OH is 1. The summed E-state index contributed by atoms with van der Waals surface area (Å²) in [7, 11) is 0. The number of rotatable bonds is 2. The quantitative estimate of drug-likeness (QED) is 0.463. The molecule has 0 aromatic carbocycles. The molecule has 0 aliphatic rings. The van der Waals surface area contributed by atoms with Crippen LogP contribution in [0.5, 0.6) is 0 Å². The van der Waals surface area contributed by atoms with E-state index in [9.17, 15) is 10.1 Å². The van der Waals surface area contributed by atoms with Crippen molar-refractivity contribution in [2.24, 2.45) is 0 Å². The van der Waals surface area contributed by atoms with E-state index in [1.165, 1.54) is 12.3 Å². The number of aromatic nitrogens is 1. The van der Waals surface area contributed by atoms with E-state index in [4.69, 9.17) is 5.11 Å². The van der Waals surface area contributed by atoms with Gasteiger partial charge in [-0.25, -0.2) is 0 Å². The summed E-state index contributed by atoms with van der Waals surface area (Å²) < 4.78 is 0. The largest absolute Gasteiger partial charge is 0.390 e. The zero-order valence-corrected chi connectivity index (χ0v) is 5.07. The smallest absolute Gasteiger partial charge is 0.287 e. The summed E-state index contributed by atoms with van der Waals surface area (Å²) in [6.45, 7) is -0.201. The summed E-state index contributed by atoms with van der Waals surface area (Å²) in [5.41, 5.74) is 0.427. The fraction of sp³-hybridized carbons (Fsp3) is 0.200. The van der Waals surface area contributed by atoms with E-state index < -0.39 is 4.92 Å². The van der Waals surface area contributed by atoms with Crippen LogP contribution in [0.4, 0.5) is 5.69 Å². The highest BCUT2D eigenvalue weighted by atomic mass is 16.6. The Bertz CT molecular complexity index is 243. The summed E-state index contributed by atoms with van der Waals surface area (Å²) in [4.78, 5) is 12.1. The van der Waals surface area contributed by atoms with Crippen molar-refractivity contribution < 1.29 is 10.0 Å². The second-order valence-electron chi connectivity index (χ2n) is 1.80. The molecule has 1 rings (SSSR count). The predicted octanol–water partition coefficient (Wildman–Crippen LogP) is 0.415. The second kappa shape index (κ2) is 2.49. The van der Waals surface area contributed by atoms with Crippen molar-refractivity contribution in [3.8, 4) is 0 Å². The van der Waals surface area contributed by atoms with Crippen LogP contribution in [0.1, 0.15) is 5.69 Å². The van der Waals surface area contributed by atoms with Crippen LogP contribution in [0.15, 0.2) is 12.3 Å². The number of nitrogens with one attached hydrogen (secondary N) is 1. The highest BCUT2D eigenvalue weighted by molar-refractivity contribution is 5.29. The average molecular weight is 142 g/mol. The van der Waals surface area contributed by atoms with Crippen LogP contribution in [-0.2, 0) is 6.61 Å². The molecule has 0 unspecified atom stereocenters. The summed E-state index contributed by atoms with van der Waals surface area (Å²) >= 11 is 0. The molecule has 54 valence electrons. The Kier molecular flexibility index (Phi) is 1.68. The Morgan fingerprint density at radius 2 is 2.50 bits per heavy atom. The standard InChI is InChI=1S/C5H6N2O3/c8-3-4-1-5(2-6-4)7(9)10/h1-2,6,8H,3H2. The number of aliphatic hydroxyl groups is 1. The Balaban J connectivity index is 2.88. The second-order valence-corrected chi connectivity index (χ2v) is 1.80. The van der Waals surface area contributed by atoms with Crippen LogP contribution in [-0.4, -0.2) is 15.0 Å². The van der Waals surface area contributed by atoms with Gasteiger partial charge in [0.05, 0.1) is 17.7 Å². The molecule has 0 saturated carbocycles. The van der Waals surface area contributed by atoms with Gasteiger partial charge in [-0.05, 0) is 0 Å². The molecule has 0 radical (unpaired) electrons. The lowest BCUT2D eigenvalue weighted by molar-refractivity contribution is -0.384. The fourth-order valence-electron chi connectivity index (χ4n) is 0.625. The molecule has 1 aromatic rings. The summed E-state index contributed by atoms with van der Waals surface area (Å²) in [5.74, 6) is 0. The Hall–Kier alpha value is -1.36. The van der Waals surface area contributed by atoms with Gasteiger partial charge in [-0.2, -0.15) is 0 Å². The maximum absolute atomic E-state index is 10.0. The van der Waals surface area contributed by atoms with Gasteiger partial charge < -0.3 is 10.1 Å². The van der Waals surface area contributed by atoms with E-state index in [0.29, 0.717) is 5.69 Å². The lowest BCUT2D eigenvalue weighted by Crippen LogP contribution is -1.83. The Morgan fingerprint density at radius 1 is 1.80 bits per heavy atom. The number of H-pyrrole nitrogens is 1. The first kappa shape index (κ1) is 6.76. The van der Waals surface area contributed by atoms with Gasteiger partial charge in [-0.3, -0.25) is 10.1 Å². The number of nitro groups is 1. The topological polar surface area (TPSA) is 79.2 Å². The third-order valence-corrected chi connectivity index (χ3v) is 1.11. The lowest BCUT2D eigenvalue weighted by atomic mass is 10.4. The molecule has 0 atom stereocenters. The normalized spacial score (nSPS) is 9.70. The monoisotopic (exact) mass is 142 g/mol. The van der Waals surface area contributed by atoms with Gasteiger partial charge >= 0.3 is 0 Å². The van der Waals surface area contributed by atoms with Crippen LogP contribution >= 0.6 is 0 Å². The molecule has 0 fully saturated rings. The summed E-state index contributed by atoms with van der Waals surface area (Å²) in [6.07, 6.45) is 1.24. The molecule has 0 aliphatic carbocycles.